The van der Waals surface area contributed by atoms with Gasteiger partial charge in [0.25, 0.3) is 0 Å². The van der Waals surface area contributed by atoms with Gasteiger partial charge in [-0.3, -0.25) is 0 Å². The number of aliphatic hydroxyl groups excluding tert-OH is 1. The Bertz CT molecular complexity index is 500. The number of nitrogens with one attached hydrogen (secondary N) is 1. The van der Waals surface area contributed by atoms with Crippen LogP contribution in [-0.2, 0) is 16.6 Å². The average molecular weight is 261 g/mol. The van der Waals surface area contributed by atoms with Crippen LogP contribution in [-0.4, -0.2) is 19.1 Å². The molecule has 2 N–H and O–H groups in total. The van der Waals surface area contributed by atoms with E-state index < -0.39 is 10.0 Å². The third kappa shape index (κ3) is 2.29. The van der Waals surface area contributed by atoms with E-state index in [0.717, 1.165) is 17.7 Å². The maximum Gasteiger partial charge on any atom is 0.242 e. The van der Waals surface area contributed by atoms with Gasteiger partial charge in [-0.25, -0.2) is 13.1 Å². The van der Waals surface area contributed by atoms with Gasteiger partial charge < -0.3 is 5.11 Å². The molecule has 90 valence electrons. The summed E-state index contributed by atoms with van der Waals surface area (Å²) < 4.78 is 26.8. The predicted octanol–water partition coefficient (Wildman–Crippen LogP) is 1.38. The third-order valence-corrected chi connectivity index (χ3v) is 5.68. The van der Waals surface area contributed by atoms with E-state index in [-0.39, 0.29) is 12.1 Å². The van der Waals surface area contributed by atoms with Gasteiger partial charge in [0.05, 0.1) is 11.5 Å². The molecule has 0 bridgehead atoms. The maximum atomic E-state index is 12.1. The fourth-order valence-electron chi connectivity index (χ4n) is 1.54. The van der Waals surface area contributed by atoms with Gasteiger partial charge in [-0.05, 0) is 32.8 Å². The molecule has 1 aliphatic carbocycles. The van der Waals surface area contributed by atoms with Crippen molar-refractivity contribution in [2.24, 2.45) is 0 Å². The molecule has 1 aliphatic rings. The van der Waals surface area contributed by atoms with E-state index in [0.29, 0.717) is 9.77 Å². The summed E-state index contributed by atoms with van der Waals surface area (Å²) in [5.74, 6) is 0. The lowest BCUT2D eigenvalue weighted by Gasteiger charge is -2.11. The Labute approximate surface area is 99.4 Å². The minimum absolute atomic E-state index is 0.113. The highest BCUT2D eigenvalue weighted by Crippen LogP contribution is 2.37. The lowest BCUT2D eigenvalue weighted by atomic mass is 10.4. The summed E-state index contributed by atoms with van der Waals surface area (Å²) in [6.45, 7) is 3.55. The Morgan fingerprint density at radius 3 is 2.62 bits per heavy atom. The molecule has 1 aromatic rings. The van der Waals surface area contributed by atoms with Crippen molar-refractivity contribution in [1.29, 1.82) is 0 Å². The van der Waals surface area contributed by atoms with Gasteiger partial charge in [0.1, 0.15) is 0 Å². The second-order valence-electron chi connectivity index (χ2n) is 4.46. The van der Waals surface area contributed by atoms with Crippen molar-refractivity contribution in [1.82, 2.24) is 4.72 Å². The molecule has 1 saturated carbocycles. The number of thiophene rings is 1. The van der Waals surface area contributed by atoms with E-state index in [2.05, 4.69) is 4.72 Å². The Morgan fingerprint density at radius 2 is 2.19 bits per heavy atom. The van der Waals surface area contributed by atoms with Crippen LogP contribution in [0.1, 0.15) is 29.5 Å². The molecule has 2 rings (SSSR count). The summed E-state index contributed by atoms with van der Waals surface area (Å²) >= 11 is 1.32. The van der Waals surface area contributed by atoms with Gasteiger partial charge in [-0.15, -0.1) is 11.3 Å². The summed E-state index contributed by atoms with van der Waals surface area (Å²) in [7, 11) is -3.43. The van der Waals surface area contributed by atoms with E-state index in [1.54, 1.807) is 13.0 Å². The van der Waals surface area contributed by atoms with Crippen LogP contribution in [0.4, 0.5) is 0 Å². The maximum absolute atomic E-state index is 12.1. The van der Waals surface area contributed by atoms with Gasteiger partial charge in [-0.1, -0.05) is 0 Å². The Kier molecular flexibility index (Phi) is 2.86. The zero-order chi connectivity index (χ0) is 12.0. The molecule has 0 unspecified atom stereocenters. The van der Waals surface area contributed by atoms with Crippen molar-refractivity contribution < 1.29 is 13.5 Å². The van der Waals surface area contributed by atoms with Gasteiger partial charge in [0, 0.05) is 15.3 Å². The predicted molar refractivity (Wildman–Crippen MR) is 62.9 cm³/mol. The molecule has 1 fully saturated rings. The van der Waals surface area contributed by atoms with Crippen molar-refractivity contribution in [3.05, 3.63) is 15.8 Å². The fraction of sp³-hybridized carbons (Fsp3) is 0.600. The first kappa shape index (κ1) is 12.0. The van der Waals surface area contributed by atoms with Crippen LogP contribution in [0.5, 0.6) is 0 Å². The zero-order valence-electron chi connectivity index (χ0n) is 9.28. The molecular weight excluding hydrogens is 246 g/mol. The smallest absolute Gasteiger partial charge is 0.242 e. The molecular formula is C10H15NO3S2. The molecule has 16 heavy (non-hydrogen) atoms. The highest BCUT2D eigenvalue weighted by molar-refractivity contribution is 7.89. The van der Waals surface area contributed by atoms with Crippen LogP contribution in [0.15, 0.2) is 11.0 Å². The van der Waals surface area contributed by atoms with E-state index >= 15 is 0 Å². The third-order valence-electron chi connectivity index (χ3n) is 2.75. The molecule has 0 saturated heterocycles. The van der Waals surface area contributed by atoms with Crippen molar-refractivity contribution in [3.8, 4) is 0 Å². The first-order chi connectivity index (χ1) is 7.36. The first-order valence-electron chi connectivity index (χ1n) is 5.10. The Morgan fingerprint density at radius 1 is 1.56 bits per heavy atom. The summed E-state index contributed by atoms with van der Waals surface area (Å²) in [6, 6.07) is 1.55. The summed E-state index contributed by atoms with van der Waals surface area (Å²) in [5, 5.41) is 8.98. The normalized spacial score (nSPS) is 18.7. The Balaban J connectivity index is 2.31. The standard InChI is InChI=1S/C10H15NO3S2/c1-7-9(5-8(6-12)15-7)16(13,14)11-10(2)3-4-10/h5,11-12H,3-4,6H2,1-2H3. The van der Waals surface area contributed by atoms with Crippen LogP contribution in [0.2, 0.25) is 0 Å². The summed E-state index contributed by atoms with van der Waals surface area (Å²) in [5.41, 5.74) is -0.257. The number of sulfonamides is 1. The van der Waals surface area contributed by atoms with E-state index in [4.69, 9.17) is 5.11 Å². The van der Waals surface area contributed by atoms with Crippen molar-refractivity contribution in [2.45, 2.75) is 43.7 Å². The van der Waals surface area contributed by atoms with Crippen LogP contribution in [0.25, 0.3) is 0 Å². The highest BCUT2D eigenvalue weighted by Gasteiger charge is 2.41. The molecule has 1 heterocycles. The lowest BCUT2D eigenvalue weighted by Crippen LogP contribution is -2.34. The molecule has 0 aliphatic heterocycles. The van der Waals surface area contributed by atoms with E-state index in [9.17, 15) is 8.42 Å². The first-order valence-corrected chi connectivity index (χ1v) is 7.40. The fourth-order valence-corrected chi connectivity index (χ4v) is 4.50. The molecule has 0 radical (unpaired) electrons. The van der Waals surface area contributed by atoms with Crippen molar-refractivity contribution >= 4 is 21.4 Å². The summed E-state index contributed by atoms with van der Waals surface area (Å²) in [6.07, 6.45) is 1.78. The second kappa shape index (κ2) is 3.80. The number of hydrogen-bond donors (Lipinski definition) is 2. The van der Waals surface area contributed by atoms with Gasteiger partial charge >= 0.3 is 0 Å². The van der Waals surface area contributed by atoms with Crippen LogP contribution in [0.3, 0.4) is 0 Å². The average Bonchev–Trinajstić information content (AvgIpc) is 2.76. The van der Waals surface area contributed by atoms with Crippen LogP contribution >= 0.6 is 11.3 Å². The number of hydrogen-bond acceptors (Lipinski definition) is 4. The molecule has 6 heteroatoms. The number of rotatable bonds is 4. The highest BCUT2D eigenvalue weighted by atomic mass is 32.2. The molecule has 0 spiro atoms. The zero-order valence-corrected chi connectivity index (χ0v) is 10.9. The van der Waals surface area contributed by atoms with Gasteiger partial charge in [0.2, 0.25) is 10.0 Å². The van der Waals surface area contributed by atoms with Gasteiger partial charge in [-0.2, -0.15) is 0 Å². The number of aryl methyl sites for hydroxylation is 1. The molecule has 1 aromatic heterocycles. The number of aliphatic hydroxyl groups is 1. The minimum Gasteiger partial charge on any atom is -0.391 e. The Hall–Kier alpha value is -0.430. The molecule has 0 aromatic carbocycles. The second-order valence-corrected chi connectivity index (χ2v) is 7.45. The van der Waals surface area contributed by atoms with E-state index in [1.807, 2.05) is 6.92 Å². The topological polar surface area (TPSA) is 66.4 Å². The summed E-state index contributed by atoms with van der Waals surface area (Å²) in [4.78, 5) is 1.70. The van der Waals surface area contributed by atoms with Crippen LogP contribution in [0, 0.1) is 6.92 Å². The quantitative estimate of drug-likeness (QED) is 0.860. The molecule has 4 nitrogen and oxygen atoms in total. The minimum atomic E-state index is -3.43. The molecule has 0 amide bonds. The van der Waals surface area contributed by atoms with Gasteiger partial charge in [0.15, 0.2) is 0 Å². The van der Waals surface area contributed by atoms with E-state index in [1.165, 1.54) is 11.3 Å². The monoisotopic (exact) mass is 261 g/mol. The van der Waals surface area contributed by atoms with Crippen LogP contribution < -0.4 is 4.72 Å². The SMILES string of the molecule is Cc1sc(CO)cc1S(=O)(=O)NC1(C)CC1. The van der Waals surface area contributed by atoms with Crippen molar-refractivity contribution in [3.63, 3.8) is 0 Å². The lowest BCUT2D eigenvalue weighted by molar-refractivity contribution is 0.285. The van der Waals surface area contributed by atoms with Crippen molar-refractivity contribution in [2.75, 3.05) is 0 Å². The molecule has 0 atom stereocenters. The largest absolute Gasteiger partial charge is 0.391 e.